The Morgan fingerprint density at radius 2 is 1.70 bits per heavy atom. The van der Waals surface area contributed by atoms with E-state index in [1.165, 1.54) is 28.7 Å². The van der Waals surface area contributed by atoms with Crippen molar-refractivity contribution in [2.24, 2.45) is 0 Å². The van der Waals surface area contributed by atoms with Crippen molar-refractivity contribution in [3.63, 3.8) is 0 Å². The number of nitrogens with one attached hydrogen (secondary N) is 1. The van der Waals surface area contributed by atoms with Crippen molar-refractivity contribution < 1.29 is 4.79 Å². The highest BCUT2D eigenvalue weighted by molar-refractivity contribution is 7.99. The van der Waals surface area contributed by atoms with E-state index in [4.69, 9.17) is 17.2 Å². The molecule has 2 aromatic heterocycles. The van der Waals surface area contributed by atoms with Gasteiger partial charge in [-0.1, -0.05) is 78.6 Å². The predicted octanol–water partition coefficient (Wildman–Crippen LogP) is 6.57. The van der Waals surface area contributed by atoms with Gasteiger partial charge in [-0.15, -0.1) is 0 Å². The van der Waals surface area contributed by atoms with Gasteiger partial charge in [0.1, 0.15) is 4.70 Å². The summed E-state index contributed by atoms with van der Waals surface area (Å²) in [4.78, 5) is 31.5. The van der Waals surface area contributed by atoms with Gasteiger partial charge in [0.2, 0.25) is 5.91 Å². The molecule has 0 unspecified atom stereocenters. The third-order valence-electron chi connectivity index (χ3n) is 5.93. The normalized spacial score (nSPS) is 11.1. The Balaban J connectivity index is 1.56. The molecule has 186 valence electrons. The van der Waals surface area contributed by atoms with E-state index < -0.39 is 0 Å². The number of hydrogen-bond acceptors (Lipinski definition) is 6. The minimum atomic E-state index is -0.210. The maximum absolute atomic E-state index is 13.8. The number of carbonyl (C=O) groups is 1. The second kappa shape index (κ2) is 10.8. The van der Waals surface area contributed by atoms with Gasteiger partial charge in [-0.05, 0) is 67.0 Å². The zero-order chi connectivity index (χ0) is 25.9. The molecule has 3 aromatic carbocycles. The summed E-state index contributed by atoms with van der Waals surface area (Å²) in [6.07, 6.45) is 0.937. The van der Waals surface area contributed by atoms with Gasteiger partial charge in [-0.2, -0.15) is 0 Å². The van der Waals surface area contributed by atoms with Crippen molar-refractivity contribution in [3.8, 4) is 11.4 Å². The van der Waals surface area contributed by atoms with Crippen molar-refractivity contribution in [2.75, 3.05) is 11.1 Å². The van der Waals surface area contributed by atoms with Crippen molar-refractivity contribution in [1.82, 2.24) is 14.1 Å². The van der Waals surface area contributed by atoms with Crippen LogP contribution in [0, 0.1) is 10.9 Å². The Hall–Kier alpha value is -3.53. The lowest BCUT2D eigenvalue weighted by atomic mass is 10.1. The molecule has 6 nitrogen and oxygen atoms in total. The van der Waals surface area contributed by atoms with Crippen molar-refractivity contribution in [2.45, 2.75) is 25.4 Å². The molecule has 0 saturated heterocycles. The number of rotatable bonds is 7. The van der Waals surface area contributed by atoms with E-state index in [1.807, 2.05) is 90.4 Å². The summed E-state index contributed by atoms with van der Waals surface area (Å²) in [6, 6.07) is 25.0. The van der Waals surface area contributed by atoms with Gasteiger partial charge in [-0.3, -0.25) is 18.7 Å². The van der Waals surface area contributed by atoms with E-state index in [2.05, 4.69) is 12.2 Å². The highest BCUT2D eigenvalue weighted by atomic mass is 32.2. The number of benzene rings is 3. The summed E-state index contributed by atoms with van der Waals surface area (Å²) in [5.74, 6) is -0.0838. The van der Waals surface area contributed by atoms with Gasteiger partial charge < -0.3 is 5.32 Å². The molecule has 0 saturated carbocycles. The molecule has 0 aliphatic carbocycles. The molecule has 0 spiro atoms. The SMILES string of the molecule is CCc1ccc(NC(=O)CSc2nc3c(sc(=S)n3-c3ccccc3C)c(=O)n2-c2ccccc2)cc1. The third kappa shape index (κ3) is 5.16. The number of aromatic nitrogens is 3. The molecule has 1 amide bonds. The number of thiazole rings is 1. The van der Waals surface area contributed by atoms with Crippen LogP contribution >= 0.6 is 35.3 Å². The number of fused-ring (bicyclic) bond motifs is 1. The molecule has 0 radical (unpaired) electrons. The molecule has 1 N–H and O–H groups in total. The van der Waals surface area contributed by atoms with Crippen molar-refractivity contribution in [1.29, 1.82) is 0 Å². The maximum atomic E-state index is 13.8. The lowest BCUT2D eigenvalue weighted by molar-refractivity contribution is -0.113. The number of carbonyl (C=O) groups excluding carboxylic acids is 1. The summed E-state index contributed by atoms with van der Waals surface area (Å²) < 4.78 is 4.43. The van der Waals surface area contributed by atoms with Gasteiger partial charge in [0.15, 0.2) is 14.8 Å². The van der Waals surface area contributed by atoms with E-state index in [0.29, 0.717) is 25.1 Å². The van der Waals surface area contributed by atoms with Crippen LogP contribution in [0.25, 0.3) is 21.7 Å². The van der Waals surface area contributed by atoms with Crippen LogP contribution in [-0.2, 0) is 11.2 Å². The predicted molar refractivity (Wildman–Crippen MR) is 155 cm³/mol. The summed E-state index contributed by atoms with van der Waals surface area (Å²) in [5.41, 5.74) is 4.81. The fraction of sp³-hybridized carbons (Fsp3) is 0.143. The highest BCUT2D eigenvalue weighted by Crippen LogP contribution is 2.28. The Labute approximate surface area is 227 Å². The fourth-order valence-electron chi connectivity index (χ4n) is 4.01. The lowest BCUT2D eigenvalue weighted by Gasteiger charge is -2.13. The van der Waals surface area contributed by atoms with Crippen LogP contribution in [0.2, 0.25) is 0 Å². The van der Waals surface area contributed by atoms with E-state index in [9.17, 15) is 9.59 Å². The monoisotopic (exact) mass is 544 g/mol. The Morgan fingerprint density at radius 3 is 2.41 bits per heavy atom. The van der Waals surface area contributed by atoms with Crippen LogP contribution < -0.4 is 10.9 Å². The van der Waals surface area contributed by atoms with Gasteiger partial charge in [0.05, 0.1) is 17.1 Å². The Kier molecular flexibility index (Phi) is 7.36. The first-order valence-corrected chi connectivity index (χ1v) is 14.0. The van der Waals surface area contributed by atoms with Crippen molar-refractivity contribution >= 4 is 57.3 Å². The average molecular weight is 545 g/mol. The highest BCUT2D eigenvalue weighted by Gasteiger charge is 2.20. The third-order valence-corrected chi connectivity index (χ3v) is 8.22. The van der Waals surface area contributed by atoms with E-state index in [-0.39, 0.29) is 17.2 Å². The number of nitrogens with zero attached hydrogens (tertiary/aromatic N) is 3. The Bertz CT molecular complexity index is 1700. The number of para-hydroxylation sites is 2. The van der Waals surface area contributed by atoms with Gasteiger partial charge in [0.25, 0.3) is 5.56 Å². The fourth-order valence-corrected chi connectivity index (χ4v) is 6.11. The van der Waals surface area contributed by atoms with Crippen LogP contribution in [0.3, 0.4) is 0 Å². The summed E-state index contributed by atoms with van der Waals surface area (Å²) >= 11 is 8.15. The zero-order valence-electron chi connectivity index (χ0n) is 20.3. The molecule has 9 heteroatoms. The lowest BCUT2D eigenvalue weighted by Crippen LogP contribution is -2.22. The first kappa shape index (κ1) is 25.1. The smallest absolute Gasteiger partial charge is 0.278 e. The molecule has 5 aromatic rings. The molecule has 37 heavy (non-hydrogen) atoms. The molecule has 0 atom stereocenters. The van der Waals surface area contributed by atoms with Crippen LogP contribution in [0.5, 0.6) is 0 Å². The Morgan fingerprint density at radius 1 is 1.00 bits per heavy atom. The van der Waals surface area contributed by atoms with E-state index in [1.54, 1.807) is 4.57 Å². The molecule has 0 aliphatic heterocycles. The van der Waals surface area contributed by atoms with Crippen LogP contribution in [0.4, 0.5) is 5.69 Å². The standard InChI is InChI=1S/C28H24N4O2S3/c1-3-19-13-15-20(16-14-19)29-23(33)17-36-27-30-25-24(26(34)31(27)21-10-5-4-6-11-21)37-28(35)32(25)22-12-8-7-9-18(22)2/h4-16H,3,17H2,1-2H3,(H,29,33). The number of thioether (sulfide) groups is 1. The average Bonchev–Trinajstić information content (AvgIpc) is 3.24. The van der Waals surface area contributed by atoms with Gasteiger partial charge >= 0.3 is 0 Å². The number of hydrogen-bond donors (Lipinski definition) is 1. The van der Waals surface area contributed by atoms with Crippen LogP contribution in [-0.4, -0.2) is 25.8 Å². The van der Waals surface area contributed by atoms with E-state index >= 15 is 0 Å². The molecule has 0 bridgehead atoms. The maximum Gasteiger partial charge on any atom is 0.278 e. The second-order valence-corrected chi connectivity index (χ2v) is 11.0. The summed E-state index contributed by atoms with van der Waals surface area (Å²) in [5, 5.41) is 3.35. The first-order chi connectivity index (χ1) is 18.0. The number of anilines is 1. The molecule has 0 fully saturated rings. The van der Waals surface area contributed by atoms with Gasteiger partial charge in [0, 0.05) is 5.69 Å². The molecule has 5 rings (SSSR count). The topological polar surface area (TPSA) is 68.9 Å². The second-order valence-electron chi connectivity index (χ2n) is 8.40. The minimum absolute atomic E-state index is 0.0928. The molecular formula is C28H24N4O2S3. The summed E-state index contributed by atoms with van der Waals surface area (Å²) in [7, 11) is 0. The van der Waals surface area contributed by atoms with Crippen LogP contribution in [0.1, 0.15) is 18.1 Å². The van der Waals surface area contributed by atoms with Crippen molar-refractivity contribution in [3.05, 3.63) is 104 Å². The van der Waals surface area contributed by atoms with E-state index in [0.717, 1.165) is 23.4 Å². The first-order valence-electron chi connectivity index (χ1n) is 11.8. The van der Waals surface area contributed by atoms with Crippen LogP contribution in [0.15, 0.2) is 88.8 Å². The molecule has 0 aliphatic rings. The zero-order valence-corrected chi connectivity index (χ0v) is 22.8. The number of aryl methyl sites for hydroxylation is 2. The van der Waals surface area contributed by atoms with Gasteiger partial charge in [-0.25, -0.2) is 4.98 Å². The number of amides is 1. The summed E-state index contributed by atoms with van der Waals surface area (Å²) in [6.45, 7) is 4.09. The molecular weight excluding hydrogens is 521 g/mol. The minimum Gasteiger partial charge on any atom is -0.325 e. The molecule has 2 heterocycles. The quantitative estimate of drug-likeness (QED) is 0.143. The largest absolute Gasteiger partial charge is 0.325 e.